The van der Waals surface area contributed by atoms with Crippen molar-refractivity contribution < 1.29 is 24.1 Å². The molecule has 1 amide bonds. The van der Waals surface area contributed by atoms with E-state index in [2.05, 4.69) is 16.8 Å². The lowest BCUT2D eigenvalue weighted by atomic mass is 9.92. The highest BCUT2D eigenvalue weighted by atomic mass is 17.2. The van der Waals surface area contributed by atoms with Crippen LogP contribution in [0.5, 0.6) is 0 Å². The van der Waals surface area contributed by atoms with Crippen molar-refractivity contribution in [1.29, 1.82) is 0 Å². The maximum absolute atomic E-state index is 12.3. The summed E-state index contributed by atoms with van der Waals surface area (Å²) in [7, 11) is 0. The summed E-state index contributed by atoms with van der Waals surface area (Å²) in [6, 6.07) is 7.87. The Morgan fingerprint density at radius 1 is 1.19 bits per heavy atom. The maximum Gasteiger partial charge on any atom is 0.408 e. The minimum atomic E-state index is -0.781. The van der Waals surface area contributed by atoms with Crippen LogP contribution in [-0.2, 0) is 24.8 Å². The quantitative estimate of drug-likeness (QED) is 0.523. The number of rotatable bonds is 8. The molecular formula is C21H31NO5. The van der Waals surface area contributed by atoms with Crippen LogP contribution in [0.3, 0.4) is 0 Å². The Hall–Kier alpha value is -2.34. The summed E-state index contributed by atoms with van der Waals surface area (Å²) in [5, 5.41) is 2.89. The summed E-state index contributed by atoms with van der Waals surface area (Å²) in [4.78, 5) is 32.9. The van der Waals surface area contributed by atoms with Crippen molar-refractivity contribution in [1.82, 2.24) is 5.32 Å². The molecule has 1 aromatic rings. The lowest BCUT2D eigenvalue weighted by molar-refractivity contribution is -0.327. The molecule has 150 valence electrons. The average molecular weight is 377 g/mol. The van der Waals surface area contributed by atoms with Gasteiger partial charge >= 0.3 is 12.1 Å². The molecule has 0 radical (unpaired) electrons. The van der Waals surface area contributed by atoms with Gasteiger partial charge in [-0.15, -0.1) is 0 Å². The summed E-state index contributed by atoms with van der Waals surface area (Å²) >= 11 is 0. The average Bonchev–Trinajstić information content (AvgIpc) is 2.51. The SMILES string of the molecule is C=C(C)c1cccc(C(C)(C)NC(=O)OC(C)CC(C)(C)OOC(C)=O)c1. The number of hydrogen-bond donors (Lipinski definition) is 1. The highest BCUT2D eigenvalue weighted by Crippen LogP contribution is 2.24. The normalized spacial score (nSPS) is 12.9. The van der Waals surface area contributed by atoms with Crippen LogP contribution in [-0.4, -0.2) is 23.8 Å². The first-order chi connectivity index (χ1) is 12.3. The monoisotopic (exact) mass is 377 g/mol. The van der Waals surface area contributed by atoms with E-state index in [0.29, 0.717) is 6.42 Å². The van der Waals surface area contributed by atoms with Crippen molar-refractivity contribution in [2.75, 3.05) is 0 Å². The molecule has 0 fully saturated rings. The third kappa shape index (κ3) is 7.83. The third-order valence-corrected chi connectivity index (χ3v) is 3.96. The molecule has 1 atom stereocenters. The van der Waals surface area contributed by atoms with E-state index in [1.165, 1.54) is 6.92 Å². The Kier molecular flexibility index (Phi) is 7.60. The number of nitrogens with one attached hydrogen (secondary N) is 1. The zero-order chi connectivity index (χ0) is 20.8. The van der Waals surface area contributed by atoms with Crippen molar-refractivity contribution in [3.63, 3.8) is 0 Å². The fourth-order valence-electron chi connectivity index (χ4n) is 2.65. The van der Waals surface area contributed by atoms with E-state index in [4.69, 9.17) is 9.62 Å². The standard InChI is InChI=1S/C21H31NO5/c1-14(2)17-10-9-11-18(12-17)21(7,8)22-19(24)25-15(3)13-20(5,6)27-26-16(4)23/h9-12,15H,1,13H2,2-8H3,(H,22,24). The van der Waals surface area contributed by atoms with E-state index in [1.807, 2.05) is 45.0 Å². The van der Waals surface area contributed by atoms with Crippen LogP contribution >= 0.6 is 0 Å². The smallest absolute Gasteiger partial charge is 0.408 e. The molecule has 0 saturated heterocycles. The molecule has 1 N–H and O–H groups in total. The first-order valence-electron chi connectivity index (χ1n) is 8.94. The molecule has 0 aliphatic heterocycles. The second kappa shape index (κ2) is 9.04. The highest BCUT2D eigenvalue weighted by molar-refractivity contribution is 5.69. The number of alkyl carbamates (subject to hydrolysis) is 1. The minimum Gasteiger partial charge on any atom is -0.446 e. The Bertz CT molecular complexity index is 694. The van der Waals surface area contributed by atoms with Crippen molar-refractivity contribution in [3.8, 4) is 0 Å². The molecular weight excluding hydrogens is 346 g/mol. The summed E-state index contributed by atoms with van der Waals surface area (Å²) in [5.41, 5.74) is 1.53. The van der Waals surface area contributed by atoms with Gasteiger partial charge in [-0.05, 0) is 58.7 Å². The van der Waals surface area contributed by atoms with E-state index in [-0.39, 0.29) is 0 Å². The summed E-state index contributed by atoms with van der Waals surface area (Å²) in [6.45, 7) is 16.2. The van der Waals surface area contributed by atoms with Gasteiger partial charge in [0.05, 0.1) is 5.54 Å². The van der Waals surface area contributed by atoms with Gasteiger partial charge < -0.3 is 10.1 Å². The Morgan fingerprint density at radius 2 is 1.81 bits per heavy atom. The van der Waals surface area contributed by atoms with Crippen LogP contribution in [0.1, 0.15) is 66.0 Å². The van der Waals surface area contributed by atoms with Crippen molar-refractivity contribution in [2.24, 2.45) is 0 Å². The Balaban J connectivity index is 2.68. The highest BCUT2D eigenvalue weighted by Gasteiger charge is 2.29. The second-order valence-electron chi connectivity index (χ2n) is 7.95. The molecule has 0 aliphatic carbocycles. The van der Waals surface area contributed by atoms with Crippen molar-refractivity contribution >= 4 is 17.6 Å². The minimum absolute atomic E-state index is 0.360. The summed E-state index contributed by atoms with van der Waals surface area (Å²) in [6.07, 6.45) is -0.608. The predicted octanol–water partition coefficient (Wildman–Crippen LogP) is 4.73. The molecule has 0 heterocycles. The van der Waals surface area contributed by atoms with E-state index in [1.54, 1.807) is 20.8 Å². The van der Waals surface area contributed by atoms with Crippen LogP contribution in [0.2, 0.25) is 0 Å². The molecule has 1 rings (SSSR count). The van der Waals surface area contributed by atoms with Gasteiger partial charge in [0.1, 0.15) is 11.7 Å². The van der Waals surface area contributed by atoms with Crippen LogP contribution in [0.4, 0.5) is 4.79 Å². The van der Waals surface area contributed by atoms with E-state index < -0.39 is 29.3 Å². The van der Waals surface area contributed by atoms with Gasteiger partial charge in [-0.3, -0.25) is 4.89 Å². The Labute approximate surface area is 161 Å². The topological polar surface area (TPSA) is 73.9 Å². The number of amides is 1. The maximum atomic E-state index is 12.3. The van der Waals surface area contributed by atoms with Gasteiger partial charge in [0, 0.05) is 13.3 Å². The van der Waals surface area contributed by atoms with Gasteiger partial charge in [0.25, 0.3) is 0 Å². The molecule has 0 spiro atoms. The number of carbonyl (C=O) groups is 2. The molecule has 1 unspecified atom stereocenters. The van der Waals surface area contributed by atoms with Crippen LogP contribution in [0, 0.1) is 0 Å². The first kappa shape index (κ1) is 22.7. The molecule has 0 bridgehead atoms. The van der Waals surface area contributed by atoms with Gasteiger partial charge in [-0.25, -0.2) is 9.59 Å². The van der Waals surface area contributed by atoms with E-state index in [9.17, 15) is 9.59 Å². The molecule has 0 aliphatic rings. The summed E-state index contributed by atoms with van der Waals surface area (Å²) < 4.78 is 5.44. The van der Waals surface area contributed by atoms with E-state index >= 15 is 0 Å². The number of hydrogen-bond acceptors (Lipinski definition) is 5. The van der Waals surface area contributed by atoms with Crippen LogP contribution in [0.25, 0.3) is 5.57 Å². The lowest BCUT2D eigenvalue weighted by Crippen LogP contribution is -2.43. The lowest BCUT2D eigenvalue weighted by Gasteiger charge is -2.29. The van der Waals surface area contributed by atoms with Gasteiger partial charge in [0.15, 0.2) is 0 Å². The van der Waals surface area contributed by atoms with Crippen LogP contribution < -0.4 is 5.32 Å². The molecule has 0 saturated carbocycles. The van der Waals surface area contributed by atoms with Gasteiger partial charge in [-0.1, -0.05) is 30.4 Å². The third-order valence-electron chi connectivity index (χ3n) is 3.96. The number of benzene rings is 1. The zero-order valence-electron chi connectivity index (χ0n) is 17.3. The molecule has 1 aromatic carbocycles. The number of carbonyl (C=O) groups excluding carboxylic acids is 2. The largest absolute Gasteiger partial charge is 0.446 e. The predicted molar refractivity (Wildman–Crippen MR) is 105 cm³/mol. The molecule has 6 heteroatoms. The molecule has 6 nitrogen and oxygen atoms in total. The van der Waals surface area contributed by atoms with Gasteiger partial charge in [0.2, 0.25) is 0 Å². The fourth-order valence-corrected chi connectivity index (χ4v) is 2.65. The van der Waals surface area contributed by atoms with Crippen LogP contribution in [0.15, 0.2) is 30.8 Å². The molecule has 0 aromatic heterocycles. The fraction of sp³-hybridized carbons (Fsp3) is 0.524. The molecule has 27 heavy (non-hydrogen) atoms. The van der Waals surface area contributed by atoms with Gasteiger partial charge in [-0.2, -0.15) is 4.89 Å². The number of ether oxygens (including phenoxy) is 1. The Morgan fingerprint density at radius 3 is 2.37 bits per heavy atom. The first-order valence-corrected chi connectivity index (χ1v) is 8.94. The summed E-state index contributed by atoms with van der Waals surface area (Å²) in [5.74, 6) is -0.534. The van der Waals surface area contributed by atoms with Crippen molar-refractivity contribution in [2.45, 2.75) is 72.1 Å². The van der Waals surface area contributed by atoms with Crippen molar-refractivity contribution in [3.05, 3.63) is 42.0 Å². The second-order valence-corrected chi connectivity index (χ2v) is 7.95. The number of allylic oxidation sites excluding steroid dienone is 1. The van der Waals surface area contributed by atoms with E-state index in [0.717, 1.165) is 16.7 Å². The zero-order valence-corrected chi connectivity index (χ0v) is 17.3.